The van der Waals surface area contributed by atoms with Crippen LogP contribution in [0.15, 0.2) is 65.2 Å². The Balaban J connectivity index is 2.00. The number of hydrogen-bond acceptors (Lipinski definition) is 4. The third-order valence-corrected chi connectivity index (χ3v) is 3.79. The van der Waals surface area contributed by atoms with Gasteiger partial charge >= 0.3 is 0 Å². The first kappa shape index (κ1) is 18.3. The smallest absolute Gasteiger partial charge is 0.162 e. The number of nitriles is 1. The summed E-state index contributed by atoms with van der Waals surface area (Å²) >= 11 is 0. The lowest BCUT2D eigenvalue weighted by molar-refractivity contribution is 0.666. The van der Waals surface area contributed by atoms with Gasteiger partial charge in [-0.3, -0.25) is 0 Å². The number of nitrogens with zero attached hydrogens (tertiary/aromatic N) is 5. The average molecular weight is 362 g/mol. The number of rotatable bonds is 5. The van der Waals surface area contributed by atoms with Crippen molar-refractivity contribution >= 4 is 18.1 Å². The number of nitrogens with one attached hydrogen (secondary N) is 1. The number of allylic oxidation sites excluding steroid dienone is 5. The molecule has 0 bridgehead atoms. The van der Waals surface area contributed by atoms with Crippen molar-refractivity contribution in [3.8, 4) is 6.07 Å². The Bertz CT molecular complexity index is 1020. The largest absolute Gasteiger partial charge is 0.374 e. The maximum atomic E-state index is 13.5. The third-order valence-electron chi connectivity index (χ3n) is 3.79. The van der Waals surface area contributed by atoms with Gasteiger partial charge in [0.15, 0.2) is 11.3 Å². The molecule has 2 aromatic heterocycles. The monoisotopic (exact) mass is 362 g/mol. The molecule has 1 unspecified atom stereocenters. The first-order valence-electron chi connectivity index (χ1n) is 8.54. The molecule has 0 aliphatic heterocycles. The molecule has 2 heterocycles. The van der Waals surface area contributed by atoms with E-state index >= 15 is 0 Å². The van der Waals surface area contributed by atoms with Crippen molar-refractivity contribution in [1.29, 1.82) is 5.26 Å². The molecule has 0 saturated carbocycles. The summed E-state index contributed by atoms with van der Waals surface area (Å²) in [5, 5.41) is 16.7. The quantitative estimate of drug-likeness (QED) is 0.651. The van der Waals surface area contributed by atoms with E-state index in [0.29, 0.717) is 22.7 Å². The zero-order valence-electron chi connectivity index (χ0n) is 15.0. The summed E-state index contributed by atoms with van der Waals surface area (Å²) in [6, 6.07) is 5.89. The van der Waals surface area contributed by atoms with E-state index in [1.165, 1.54) is 22.9 Å². The summed E-state index contributed by atoms with van der Waals surface area (Å²) in [5.41, 5.74) is 2.25. The molecule has 2 aromatic rings. The lowest BCUT2D eigenvalue weighted by atomic mass is 10.0. The van der Waals surface area contributed by atoms with Crippen LogP contribution < -0.4 is 5.32 Å². The number of imidazole rings is 1. The number of halogens is 1. The summed E-state index contributed by atoms with van der Waals surface area (Å²) in [6.45, 7) is 4.02. The summed E-state index contributed by atoms with van der Waals surface area (Å²) in [4.78, 5) is 8.64. The van der Waals surface area contributed by atoms with Crippen LogP contribution in [0, 0.1) is 17.2 Å². The van der Waals surface area contributed by atoms with Crippen LogP contribution in [-0.4, -0.2) is 27.0 Å². The molecule has 0 spiro atoms. The molecule has 1 aliphatic rings. The minimum atomic E-state index is -0.311. The Hall–Kier alpha value is -3.53. The third kappa shape index (κ3) is 4.55. The van der Waals surface area contributed by atoms with Crippen molar-refractivity contribution in [2.45, 2.75) is 19.9 Å². The molecule has 27 heavy (non-hydrogen) atoms. The fourth-order valence-electron chi connectivity index (χ4n) is 2.45. The highest BCUT2D eigenvalue weighted by Crippen LogP contribution is 2.22. The molecule has 3 rings (SSSR count). The van der Waals surface area contributed by atoms with Gasteiger partial charge in [-0.2, -0.15) is 10.4 Å². The van der Waals surface area contributed by atoms with E-state index in [2.05, 4.69) is 26.5 Å². The predicted molar refractivity (Wildman–Crippen MR) is 103 cm³/mol. The fraction of sp³-hybridized carbons (Fsp3) is 0.200. The molecule has 0 saturated heterocycles. The van der Waals surface area contributed by atoms with E-state index in [1.807, 2.05) is 26.0 Å². The number of aromatic nitrogens is 3. The van der Waals surface area contributed by atoms with Gasteiger partial charge in [0.2, 0.25) is 0 Å². The molecule has 0 amide bonds. The Labute approximate surface area is 156 Å². The van der Waals surface area contributed by atoms with Gasteiger partial charge in [0, 0.05) is 12.0 Å². The number of fused-ring (bicyclic) bond motifs is 1. The van der Waals surface area contributed by atoms with Gasteiger partial charge in [0.05, 0.1) is 23.9 Å². The van der Waals surface area contributed by atoms with Crippen LogP contribution in [-0.2, 0) is 0 Å². The van der Waals surface area contributed by atoms with Gasteiger partial charge in [-0.05, 0) is 44.2 Å². The summed E-state index contributed by atoms with van der Waals surface area (Å²) in [7, 11) is 0. The molecule has 0 aromatic carbocycles. The van der Waals surface area contributed by atoms with E-state index in [9.17, 15) is 4.39 Å². The first-order valence-corrected chi connectivity index (χ1v) is 8.54. The summed E-state index contributed by atoms with van der Waals surface area (Å²) in [5.74, 6) is -0.524. The molecule has 6 nitrogen and oxygen atoms in total. The lowest BCUT2D eigenvalue weighted by Gasteiger charge is -2.10. The highest BCUT2D eigenvalue weighted by molar-refractivity contribution is 5.62. The predicted octanol–water partition coefficient (Wildman–Crippen LogP) is 3.56. The molecular formula is C20H19FN6. The molecule has 0 fully saturated rings. The zero-order chi connectivity index (χ0) is 19.2. The number of hydrogen-bond donors (Lipinski definition) is 1. The molecular weight excluding hydrogens is 343 g/mol. The van der Waals surface area contributed by atoms with Crippen molar-refractivity contribution in [2.24, 2.45) is 10.9 Å². The van der Waals surface area contributed by atoms with Crippen LogP contribution in [0.3, 0.4) is 0 Å². The van der Waals surface area contributed by atoms with E-state index in [-0.39, 0.29) is 17.8 Å². The molecule has 0 radical (unpaired) electrons. The maximum absolute atomic E-state index is 13.5. The Morgan fingerprint density at radius 3 is 3.04 bits per heavy atom. The van der Waals surface area contributed by atoms with Gasteiger partial charge in [-0.15, -0.1) is 0 Å². The SMILES string of the molecule is CC(C)N/C=N\C(=C\c1ccc2ncc(C#N)n2n1)C1C=CC=C(F)C=C1. The van der Waals surface area contributed by atoms with E-state index in [4.69, 9.17) is 5.26 Å². The highest BCUT2D eigenvalue weighted by Gasteiger charge is 2.11. The van der Waals surface area contributed by atoms with Gasteiger partial charge in [-0.1, -0.05) is 18.2 Å². The Morgan fingerprint density at radius 1 is 1.41 bits per heavy atom. The van der Waals surface area contributed by atoms with Crippen LogP contribution >= 0.6 is 0 Å². The van der Waals surface area contributed by atoms with Crippen molar-refractivity contribution in [3.05, 3.63) is 71.6 Å². The molecule has 136 valence electrons. The van der Waals surface area contributed by atoms with E-state index < -0.39 is 0 Å². The van der Waals surface area contributed by atoms with Crippen molar-refractivity contribution in [2.75, 3.05) is 0 Å². The minimum Gasteiger partial charge on any atom is -0.374 e. The topological polar surface area (TPSA) is 78.4 Å². The molecule has 7 heteroatoms. The maximum Gasteiger partial charge on any atom is 0.162 e. The second kappa shape index (κ2) is 8.23. The lowest BCUT2D eigenvalue weighted by Crippen LogP contribution is -2.20. The second-order valence-electron chi connectivity index (χ2n) is 6.25. The molecule has 1 atom stereocenters. The highest BCUT2D eigenvalue weighted by atomic mass is 19.1. The molecule has 1 N–H and O–H groups in total. The van der Waals surface area contributed by atoms with Gasteiger partial charge in [0.1, 0.15) is 11.9 Å². The Morgan fingerprint density at radius 2 is 2.26 bits per heavy atom. The summed E-state index contributed by atoms with van der Waals surface area (Å²) < 4.78 is 15.0. The second-order valence-corrected chi connectivity index (χ2v) is 6.25. The van der Waals surface area contributed by atoms with Gasteiger partial charge < -0.3 is 5.32 Å². The summed E-state index contributed by atoms with van der Waals surface area (Å²) in [6.07, 6.45) is 13.0. The van der Waals surface area contributed by atoms with Crippen molar-refractivity contribution < 1.29 is 4.39 Å². The minimum absolute atomic E-state index is 0.213. The van der Waals surface area contributed by atoms with Crippen molar-refractivity contribution in [3.63, 3.8) is 0 Å². The van der Waals surface area contributed by atoms with Crippen LogP contribution in [0.2, 0.25) is 0 Å². The van der Waals surface area contributed by atoms with Gasteiger partial charge in [-0.25, -0.2) is 18.9 Å². The average Bonchev–Trinajstić information content (AvgIpc) is 2.93. The fourth-order valence-corrected chi connectivity index (χ4v) is 2.45. The first-order chi connectivity index (χ1) is 13.1. The van der Waals surface area contributed by atoms with Crippen LogP contribution in [0.5, 0.6) is 0 Å². The number of aliphatic imine (C=N–C) groups is 1. The Kier molecular flexibility index (Phi) is 5.57. The molecule has 1 aliphatic carbocycles. The zero-order valence-corrected chi connectivity index (χ0v) is 15.0. The van der Waals surface area contributed by atoms with Gasteiger partial charge in [0.25, 0.3) is 0 Å². The van der Waals surface area contributed by atoms with Crippen molar-refractivity contribution in [1.82, 2.24) is 19.9 Å². The normalized spacial score (nSPS) is 17.4. The van der Waals surface area contributed by atoms with Crippen LogP contribution in [0.1, 0.15) is 25.2 Å². The standard InChI is InChI=1S/C20H19FN6/c1-14(2)24-13-25-19(15-4-3-5-16(21)7-6-15)10-17-8-9-20-23-12-18(11-22)27(20)26-17/h3-10,12-15H,1-2H3,(H,24,25)/b19-10+. The van der Waals surface area contributed by atoms with E-state index in [1.54, 1.807) is 30.6 Å². The van der Waals surface area contributed by atoms with E-state index in [0.717, 1.165) is 0 Å². The van der Waals surface area contributed by atoms with Crippen LogP contribution in [0.25, 0.3) is 11.7 Å². The van der Waals surface area contributed by atoms with Crippen LogP contribution in [0.4, 0.5) is 4.39 Å².